The van der Waals surface area contributed by atoms with Crippen molar-refractivity contribution in [1.29, 1.82) is 0 Å². The van der Waals surface area contributed by atoms with Gasteiger partial charge in [0.25, 0.3) is 5.69 Å². The number of nitrogens with zero attached hydrogens (tertiary/aromatic N) is 15. The number of aryl methyl sites for hydroxylation is 7. The van der Waals surface area contributed by atoms with Crippen molar-refractivity contribution in [2.45, 2.75) is 94.7 Å². The van der Waals surface area contributed by atoms with Gasteiger partial charge in [-0.1, -0.05) is 167 Å². The third kappa shape index (κ3) is 21.9. The summed E-state index contributed by atoms with van der Waals surface area (Å²) in [7, 11) is 0. The molecule has 8 aromatic carbocycles. The molecule has 14 aromatic heterocycles. The summed E-state index contributed by atoms with van der Waals surface area (Å²) in [4.78, 5) is 42.5. The summed E-state index contributed by atoms with van der Waals surface area (Å²) in [5.74, 6) is -0.283. The van der Waals surface area contributed by atoms with Crippen LogP contribution in [0, 0.1) is 68.0 Å². The number of nitro benzene ring substituents is 1. The molecule has 0 unspecified atom stereocenters. The fourth-order valence-electron chi connectivity index (χ4n) is 16.3. The lowest BCUT2D eigenvalue weighted by molar-refractivity contribution is -0.384. The molecule has 0 radical (unpaired) electrons. The number of rotatable bonds is 15. The van der Waals surface area contributed by atoms with Gasteiger partial charge in [0.2, 0.25) is 0 Å². The molecule has 706 valence electrons. The van der Waals surface area contributed by atoms with Gasteiger partial charge in [-0.3, -0.25) is 10.1 Å². The summed E-state index contributed by atoms with van der Waals surface area (Å²) < 4.78 is 27.4. The number of hydrogen-bond acceptors (Lipinski definition) is 16. The van der Waals surface area contributed by atoms with Crippen LogP contribution >= 0.6 is 80.6 Å². The summed E-state index contributed by atoms with van der Waals surface area (Å²) in [6, 6.07) is 80.7. The Bertz CT molecular complexity index is 8020. The van der Waals surface area contributed by atoms with E-state index in [9.17, 15) is 50.3 Å². The van der Waals surface area contributed by atoms with Crippen molar-refractivity contribution < 1.29 is 45.1 Å². The van der Waals surface area contributed by atoms with Crippen LogP contribution in [0.2, 0.25) is 25.1 Å². The molecule has 0 fully saturated rings. The summed E-state index contributed by atoms with van der Waals surface area (Å²) >= 11 is 32.3. The molecule has 0 aliphatic heterocycles. The predicted molar refractivity (Wildman–Crippen MR) is 561 cm³/mol. The Morgan fingerprint density at radius 2 is 0.629 bits per heavy atom. The van der Waals surface area contributed by atoms with Crippen LogP contribution in [0.5, 0.6) is 0 Å². The molecule has 0 amide bonds. The van der Waals surface area contributed by atoms with E-state index in [0.29, 0.717) is 70.5 Å². The SMILES string of the molecule is Cc1ccc2nc(-c3ccc(Cl)cc3)c(CO)n2c1.Cc1ccc2nc(-c3ccc(F)cc3)c(CO)n2c1.Cc1ccc2nc(-c3ccc(I)cc3)c(CO)n2c1.Cc1ccc2nc(-c3ccc4ccccc4c3)c(CO)n2c1.Cc1ccc2nc(-c3cccc([N+](=O)[O-])c3)c(CO)n2c1.Cc1ccn2c(CO)c(-c3ccc(Cl)c(Cl)c3)nc2c1.Cc1ccn2c(CO)c(-c3ccc(Cl)cc3Cl)nc2c1. The van der Waals surface area contributed by atoms with Gasteiger partial charge in [-0.2, -0.15) is 0 Å². The molecule has 31 heteroatoms. The first-order chi connectivity index (χ1) is 67.6. The molecule has 7 N–H and O–H groups in total. The zero-order chi connectivity index (χ0) is 98.9. The van der Waals surface area contributed by atoms with Crippen molar-refractivity contribution in [3.8, 4) is 78.8 Å². The third-order valence-corrected chi connectivity index (χ3v) is 25.5. The second-order valence-corrected chi connectivity index (χ2v) is 36.5. The molecule has 0 spiro atoms. The molecular weight excluding hydrogens is 1990 g/mol. The first kappa shape index (κ1) is 99.1. The second-order valence-electron chi connectivity index (χ2n) is 33.1. The zero-order valence-electron chi connectivity index (χ0n) is 76.6. The Hall–Kier alpha value is -13.9. The van der Waals surface area contributed by atoms with E-state index in [2.05, 4.69) is 82.8 Å². The Kier molecular flexibility index (Phi) is 31.2. The number of benzene rings is 8. The van der Waals surface area contributed by atoms with E-state index in [-0.39, 0.29) is 57.8 Å². The quantitative estimate of drug-likeness (QED) is 0.0285. The van der Waals surface area contributed by atoms with Crippen molar-refractivity contribution in [3.05, 3.63) is 428 Å². The van der Waals surface area contributed by atoms with Crippen molar-refractivity contribution >= 4 is 137 Å². The smallest absolute Gasteiger partial charge is 0.270 e. The van der Waals surface area contributed by atoms with Crippen LogP contribution in [0.25, 0.3) is 129 Å². The van der Waals surface area contributed by atoms with Gasteiger partial charge in [0.1, 0.15) is 45.3 Å². The van der Waals surface area contributed by atoms with Crippen LogP contribution in [-0.4, -0.2) is 106 Å². The molecule has 140 heavy (non-hydrogen) atoms. The lowest BCUT2D eigenvalue weighted by Gasteiger charge is -2.04. The third-order valence-electron chi connectivity index (χ3n) is 23.2. The van der Waals surface area contributed by atoms with Gasteiger partial charge in [-0.05, 0) is 260 Å². The van der Waals surface area contributed by atoms with Gasteiger partial charge in [0.05, 0.1) is 146 Å². The lowest BCUT2D eigenvalue weighted by atomic mass is 10.0. The van der Waals surface area contributed by atoms with E-state index in [1.807, 2.05) is 280 Å². The minimum absolute atomic E-state index is 0.00428. The van der Waals surface area contributed by atoms with Crippen LogP contribution < -0.4 is 0 Å². The Labute approximate surface area is 842 Å². The van der Waals surface area contributed by atoms with Crippen LogP contribution in [-0.2, 0) is 46.2 Å². The molecule has 22 aromatic rings. The van der Waals surface area contributed by atoms with Gasteiger partial charge < -0.3 is 66.6 Å². The average molecular weight is 2080 g/mol. The standard InChI is InChI=1S/C19H16N2O.2C15H12Cl2N2O.C15H13ClN2O.C15H13FN2O.C15H13IN2O.C15H13N3O3/c1-13-6-9-18-20-19(17(12-22)21(18)11-13)16-8-7-14-4-2-3-5-15(14)10-16;1-9-4-5-19-13(8-20)15(18-14(19)6-9)11-3-2-10(16)7-12(11)17;1-9-4-5-19-13(8-20)15(18-14(19)6-9)10-2-3-11(16)12(17)7-10;3*1-10-2-7-14-17-15(13(9-19)18(14)8-10)11-3-5-12(16)6-4-11;1-10-5-6-14-16-15(13(9-19)17(14)8-10)11-3-2-4-12(7-11)18(20)21/h2-11,22H,12H2,1H3;2*2-7,20H,8H2,1H3;3*2-8,19H,9H2,1H3;2-8,19H,9H2,1H3. The zero-order valence-corrected chi connectivity index (χ0v) is 82.6. The number of aromatic nitrogens is 14. The number of hydrogen-bond donors (Lipinski definition) is 7. The minimum Gasteiger partial charge on any atom is -0.390 e. The second kappa shape index (κ2) is 44.1. The highest BCUT2D eigenvalue weighted by Gasteiger charge is 2.23. The Morgan fingerprint density at radius 1 is 0.293 bits per heavy atom. The van der Waals surface area contributed by atoms with Crippen LogP contribution in [0.3, 0.4) is 0 Å². The van der Waals surface area contributed by atoms with Crippen LogP contribution in [0.15, 0.2) is 304 Å². The van der Waals surface area contributed by atoms with E-state index in [1.54, 1.807) is 48.5 Å². The highest BCUT2D eigenvalue weighted by Crippen LogP contribution is 2.38. The van der Waals surface area contributed by atoms with Gasteiger partial charge in [0.15, 0.2) is 0 Å². The maximum atomic E-state index is 13.0. The fraction of sp³-hybridized carbons (Fsp3) is 0.128. The van der Waals surface area contributed by atoms with Crippen LogP contribution in [0.1, 0.15) is 78.8 Å². The van der Waals surface area contributed by atoms with Gasteiger partial charge in [0, 0.05) is 108 Å². The summed E-state index contributed by atoms with van der Waals surface area (Å²) in [6.07, 6.45) is 13.6. The number of imidazole rings is 7. The maximum absolute atomic E-state index is 13.0. The molecule has 0 saturated carbocycles. The Balaban J connectivity index is 0.000000118. The van der Waals surface area contributed by atoms with E-state index >= 15 is 0 Å². The predicted octanol–water partition coefficient (Wildman–Crippen LogP) is 24.7. The first-order valence-corrected chi connectivity index (χ1v) is 47.1. The van der Waals surface area contributed by atoms with Crippen LogP contribution in [0.4, 0.5) is 10.1 Å². The van der Waals surface area contributed by atoms with E-state index in [4.69, 9.17) is 63.0 Å². The number of halogens is 7. The summed E-state index contributed by atoms with van der Waals surface area (Å²) in [5.41, 5.74) is 29.8. The highest BCUT2D eigenvalue weighted by atomic mass is 127. The summed E-state index contributed by atoms with van der Waals surface area (Å²) in [6.45, 7) is 13.4. The number of nitro groups is 1. The number of aliphatic hydroxyl groups is 7. The monoisotopic (exact) mass is 2080 g/mol. The highest BCUT2D eigenvalue weighted by molar-refractivity contribution is 14.1. The molecule has 0 atom stereocenters. The molecule has 0 aliphatic carbocycles. The van der Waals surface area contributed by atoms with E-state index < -0.39 is 4.92 Å². The Morgan fingerprint density at radius 3 is 1.03 bits per heavy atom. The van der Waals surface area contributed by atoms with E-state index in [1.165, 1.54) is 38.6 Å². The molecule has 22 rings (SSSR count). The number of pyridine rings is 7. The average Bonchev–Trinajstić information content (AvgIpc) is 1.65. The van der Waals surface area contributed by atoms with Crippen molar-refractivity contribution in [2.24, 2.45) is 0 Å². The largest absolute Gasteiger partial charge is 0.390 e. The first-order valence-electron chi connectivity index (χ1n) is 44.1. The minimum atomic E-state index is -0.442. The van der Waals surface area contributed by atoms with Gasteiger partial charge in [-0.15, -0.1) is 0 Å². The molecule has 0 bridgehead atoms. The molecule has 0 saturated heterocycles. The van der Waals surface area contributed by atoms with Gasteiger partial charge in [-0.25, -0.2) is 39.3 Å². The number of aliphatic hydroxyl groups excluding tert-OH is 7. The molecule has 24 nitrogen and oxygen atoms in total. The molecular formula is C109H92Cl5FIN15O9. The van der Waals surface area contributed by atoms with Crippen molar-refractivity contribution in [1.82, 2.24) is 65.7 Å². The van der Waals surface area contributed by atoms with Crippen molar-refractivity contribution in [3.63, 3.8) is 0 Å². The summed E-state index contributed by atoms with van der Waals surface area (Å²) in [5, 5.41) is 83.6. The molecule has 0 aliphatic rings. The lowest BCUT2D eigenvalue weighted by Crippen LogP contribution is -1.95. The fourth-order valence-corrected chi connectivity index (χ4v) is 17.6. The van der Waals surface area contributed by atoms with Gasteiger partial charge >= 0.3 is 0 Å². The molecule has 14 heterocycles. The van der Waals surface area contributed by atoms with E-state index in [0.717, 1.165) is 152 Å². The normalized spacial score (nSPS) is 11.2. The van der Waals surface area contributed by atoms with Crippen molar-refractivity contribution in [2.75, 3.05) is 0 Å². The maximum Gasteiger partial charge on any atom is 0.270 e. The number of non-ortho nitro benzene ring substituents is 1. The topological polar surface area (TPSA) is 306 Å². The number of fused-ring (bicyclic) bond motifs is 8.